The molecule has 0 spiro atoms. The first-order valence-electron chi connectivity index (χ1n) is 9.53. The second kappa shape index (κ2) is 8.73. The molecule has 0 aliphatic rings. The maximum Gasteiger partial charge on any atom is 0.308 e. The molecule has 2 atom stereocenters. The molecule has 0 radical (unpaired) electrons. The van der Waals surface area contributed by atoms with Crippen LogP contribution in [0.25, 0.3) is 0 Å². The number of aromatic nitrogens is 2. The van der Waals surface area contributed by atoms with Crippen molar-refractivity contribution in [1.82, 2.24) is 15.1 Å². The van der Waals surface area contributed by atoms with E-state index in [0.717, 1.165) is 22.5 Å². The number of nitrogens with zero attached hydrogens (tertiary/aromatic N) is 2. The average molecular weight is 391 g/mol. The van der Waals surface area contributed by atoms with Crippen molar-refractivity contribution in [2.45, 2.75) is 33.4 Å². The SMILES string of the molecule is Cc1cc(C)n(Cc2ccc(C(=O)NC(c3ccccc3)C(C)C(=O)O)cc2)n1. The van der Waals surface area contributed by atoms with Crippen LogP contribution in [0.1, 0.15) is 45.8 Å². The molecule has 0 aliphatic carbocycles. The number of hydrogen-bond acceptors (Lipinski definition) is 3. The molecule has 0 bridgehead atoms. The Bertz CT molecular complexity index is 994. The molecule has 6 heteroatoms. The first-order valence-corrected chi connectivity index (χ1v) is 9.53. The number of aliphatic carboxylic acids is 1. The molecule has 2 aromatic carbocycles. The maximum atomic E-state index is 12.8. The fraction of sp³-hybridized carbons (Fsp3) is 0.261. The van der Waals surface area contributed by atoms with E-state index in [1.807, 2.05) is 67.1 Å². The van der Waals surface area contributed by atoms with Gasteiger partial charge in [0, 0.05) is 11.3 Å². The summed E-state index contributed by atoms with van der Waals surface area (Å²) in [7, 11) is 0. The number of amides is 1. The molecule has 1 aromatic heterocycles. The fourth-order valence-electron chi connectivity index (χ4n) is 3.29. The van der Waals surface area contributed by atoms with Gasteiger partial charge in [-0.3, -0.25) is 14.3 Å². The highest BCUT2D eigenvalue weighted by Crippen LogP contribution is 2.23. The lowest BCUT2D eigenvalue weighted by Crippen LogP contribution is -2.35. The summed E-state index contributed by atoms with van der Waals surface area (Å²) < 4.78 is 1.92. The van der Waals surface area contributed by atoms with Gasteiger partial charge in [-0.15, -0.1) is 0 Å². The normalized spacial score (nSPS) is 12.9. The molecule has 29 heavy (non-hydrogen) atoms. The Morgan fingerprint density at radius 3 is 2.28 bits per heavy atom. The highest BCUT2D eigenvalue weighted by atomic mass is 16.4. The molecule has 0 saturated heterocycles. The van der Waals surface area contributed by atoms with E-state index in [1.165, 1.54) is 0 Å². The van der Waals surface area contributed by atoms with Crippen LogP contribution in [0.3, 0.4) is 0 Å². The van der Waals surface area contributed by atoms with Gasteiger partial charge in [-0.05, 0) is 50.1 Å². The molecule has 2 unspecified atom stereocenters. The van der Waals surface area contributed by atoms with E-state index in [9.17, 15) is 14.7 Å². The maximum absolute atomic E-state index is 12.8. The number of carbonyl (C=O) groups excluding carboxylic acids is 1. The van der Waals surface area contributed by atoms with Crippen molar-refractivity contribution in [3.63, 3.8) is 0 Å². The Balaban J connectivity index is 1.74. The fourth-order valence-corrected chi connectivity index (χ4v) is 3.29. The largest absolute Gasteiger partial charge is 0.481 e. The van der Waals surface area contributed by atoms with Gasteiger partial charge in [-0.1, -0.05) is 42.5 Å². The van der Waals surface area contributed by atoms with E-state index in [4.69, 9.17) is 0 Å². The predicted octanol–water partition coefficient (Wildman–Crippen LogP) is 3.74. The van der Waals surface area contributed by atoms with E-state index in [0.29, 0.717) is 12.1 Å². The Morgan fingerprint density at radius 1 is 1.07 bits per heavy atom. The zero-order valence-corrected chi connectivity index (χ0v) is 16.8. The van der Waals surface area contributed by atoms with E-state index >= 15 is 0 Å². The third-order valence-electron chi connectivity index (χ3n) is 4.99. The van der Waals surface area contributed by atoms with E-state index in [2.05, 4.69) is 10.4 Å². The number of carboxylic acids is 1. The van der Waals surface area contributed by atoms with Crippen LogP contribution in [0, 0.1) is 19.8 Å². The number of rotatable bonds is 7. The van der Waals surface area contributed by atoms with Crippen molar-refractivity contribution in [3.05, 3.63) is 88.7 Å². The average Bonchev–Trinajstić information content (AvgIpc) is 3.03. The topological polar surface area (TPSA) is 84.2 Å². The number of aryl methyl sites for hydroxylation is 2. The van der Waals surface area contributed by atoms with E-state index < -0.39 is 17.9 Å². The first-order chi connectivity index (χ1) is 13.8. The number of nitrogens with one attached hydrogen (secondary N) is 1. The summed E-state index contributed by atoms with van der Waals surface area (Å²) in [5, 5.41) is 16.8. The molecule has 6 nitrogen and oxygen atoms in total. The van der Waals surface area contributed by atoms with Gasteiger partial charge in [-0.2, -0.15) is 5.10 Å². The molecule has 1 amide bonds. The summed E-state index contributed by atoms with van der Waals surface area (Å²) in [5.74, 6) is -2.02. The van der Waals surface area contributed by atoms with Crippen molar-refractivity contribution in [3.8, 4) is 0 Å². The highest BCUT2D eigenvalue weighted by molar-refractivity contribution is 5.94. The van der Waals surface area contributed by atoms with Gasteiger partial charge in [0.05, 0.1) is 24.2 Å². The van der Waals surface area contributed by atoms with Gasteiger partial charge in [0.15, 0.2) is 0 Å². The lowest BCUT2D eigenvalue weighted by Gasteiger charge is -2.23. The molecule has 2 N–H and O–H groups in total. The van der Waals surface area contributed by atoms with Crippen LogP contribution in [-0.4, -0.2) is 26.8 Å². The molecule has 0 saturated carbocycles. The first kappa shape index (κ1) is 20.3. The Hall–Kier alpha value is -3.41. The molecular formula is C23H25N3O3. The zero-order valence-electron chi connectivity index (χ0n) is 16.8. The standard InChI is InChI=1S/C23H25N3O3/c1-15-13-16(2)26(25-15)14-18-9-11-20(12-10-18)22(27)24-21(17(3)23(28)29)19-7-5-4-6-8-19/h4-13,17,21H,14H2,1-3H3,(H,24,27)(H,28,29). The van der Waals surface area contributed by atoms with Gasteiger partial charge in [0.2, 0.25) is 0 Å². The summed E-state index contributed by atoms with van der Waals surface area (Å²) in [5.41, 5.74) is 4.33. The summed E-state index contributed by atoms with van der Waals surface area (Å²) in [6.45, 7) is 6.19. The lowest BCUT2D eigenvalue weighted by molar-refractivity contribution is -0.142. The highest BCUT2D eigenvalue weighted by Gasteiger charge is 2.27. The molecule has 0 aliphatic heterocycles. The summed E-state index contributed by atoms with van der Waals surface area (Å²) >= 11 is 0. The molecule has 1 heterocycles. The van der Waals surface area contributed by atoms with Crippen molar-refractivity contribution in [2.75, 3.05) is 0 Å². The molecule has 3 rings (SSSR count). The second-order valence-corrected chi connectivity index (χ2v) is 7.27. The van der Waals surface area contributed by atoms with Crippen LogP contribution in [0.4, 0.5) is 0 Å². The minimum atomic E-state index is -0.959. The molecule has 0 fully saturated rings. The third kappa shape index (κ3) is 4.90. The smallest absolute Gasteiger partial charge is 0.308 e. The van der Waals surface area contributed by atoms with Gasteiger partial charge in [0.1, 0.15) is 0 Å². The van der Waals surface area contributed by atoms with Gasteiger partial charge >= 0.3 is 5.97 Å². The molecule has 3 aromatic rings. The van der Waals surface area contributed by atoms with Crippen LogP contribution < -0.4 is 5.32 Å². The van der Waals surface area contributed by atoms with Gasteiger partial charge in [-0.25, -0.2) is 0 Å². The molecular weight excluding hydrogens is 366 g/mol. The van der Waals surface area contributed by atoms with E-state index in [-0.39, 0.29) is 5.91 Å². The predicted molar refractivity (Wildman–Crippen MR) is 111 cm³/mol. The number of carboxylic acid groups (broad SMARTS) is 1. The Morgan fingerprint density at radius 2 is 1.72 bits per heavy atom. The summed E-state index contributed by atoms with van der Waals surface area (Å²) in [6, 6.07) is 17.9. The van der Waals surface area contributed by atoms with Crippen LogP contribution in [-0.2, 0) is 11.3 Å². The summed E-state index contributed by atoms with van der Waals surface area (Å²) in [4.78, 5) is 24.3. The second-order valence-electron chi connectivity index (χ2n) is 7.27. The number of benzene rings is 2. The van der Waals surface area contributed by atoms with Gasteiger partial charge < -0.3 is 10.4 Å². The summed E-state index contributed by atoms with van der Waals surface area (Å²) in [6.07, 6.45) is 0. The number of carbonyl (C=O) groups is 2. The monoisotopic (exact) mass is 391 g/mol. The van der Waals surface area contributed by atoms with E-state index in [1.54, 1.807) is 19.1 Å². The number of hydrogen-bond donors (Lipinski definition) is 2. The van der Waals surface area contributed by atoms with Crippen LogP contribution in [0.15, 0.2) is 60.7 Å². The minimum Gasteiger partial charge on any atom is -0.481 e. The van der Waals surface area contributed by atoms with Crippen molar-refractivity contribution in [2.24, 2.45) is 5.92 Å². The van der Waals surface area contributed by atoms with Crippen molar-refractivity contribution in [1.29, 1.82) is 0 Å². The van der Waals surface area contributed by atoms with Crippen LogP contribution in [0.5, 0.6) is 0 Å². The van der Waals surface area contributed by atoms with Crippen LogP contribution in [0.2, 0.25) is 0 Å². The third-order valence-corrected chi connectivity index (χ3v) is 4.99. The molecule has 150 valence electrons. The van der Waals surface area contributed by atoms with Crippen molar-refractivity contribution >= 4 is 11.9 Å². The Labute approximate surface area is 170 Å². The van der Waals surface area contributed by atoms with Crippen LogP contribution >= 0.6 is 0 Å². The lowest BCUT2D eigenvalue weighted by atomic mass is 9.94. The Kier molecular flexibility index (Phi) is 6.12. The van der Waals surface area contributed by atoms with Gasteiger partial charge in [0.25, 0.3) is 5.91 Å². The quantitative estimate of drug-likeness (QED) is 0.643. The van der Waals surface area contributed by atoms with Crippen molar-refractivity contribution < 1.29 is 14.7 Å². The minimum absolute atomic E-state index is 0.301. The zero-order chi connectivity index (χ0) is 21.0.